The zero-order valence-electron chi connectivity index (χ0n) is 13.3. The quantitative estimate of drug-likeness (QED) is 0.803. The second-order valence-corrected chi connectivity index (χ2v) is 6.83. The summed E-state index contributed by atoms with van der Waals surface area (Å²) in [7, 11) is 0. The molecule has 1 aliphatic rings. The Hall–Kier alpha value is -1.65. The summed E-state index contributed by atoms with van der Waals surface area (Å²) in [5.74, 6) is 0. The maximum atomic E-state index is 4.77. The van der Waals surface area contributed by atoms with E-state index in [4.69, 9.17) is 5.10 Å². The summed E-state index contributed by atoms with van der Waals surface area (Å²) in [6.07, 6.45) is 0. The van der Waals surface area contributed by atoms with E-state index in [1.165, 1.54) is 16.0 Å². The fourth-order valence-corrected chi connectivity index (χ4v) is 3.37. The van der Waals surface area contributed by atoms with Crippen LogP contribution in [0.3, 0.4) is 0 Å². The van der Waals surface area contributed by atoms with Crippen molar-refractivity contribution in [3.8, 4) is 0 Å². The lowest BCUT2D eigenvalue weighted by Crippen LogP contribution is -2.43. The third-order valence-corrected chi connectivity index (χ3v) is 5.02. The largest absolute Gasteiger partial charge is 0.295 e. The molecule has 0 amide bonds. The van der Waals surface area contributed by atoms with Crippen LogP contribution in [-0.4, -0.2) is 41.8 Å². The molecular weight excluding hydrogens is 290 g/mol. The Morgan fingerprint density at radius 2 is 1.82 bits per heavy atom. The van der Waals surface area contributed by atoms with Crippen LogP contribution in [0.25, 0.3) is 0 Å². The molecular formula is C18H23N3S. The van der Waals surface area contributed by atoms with E-state index in [1.807, 2.05) is 0 Å². The van der Waals surface area contributed by atoms with Crippen LogP contribution >= 0.6 is 11.3 Å². The number of benzene rings is 1. The van der Waals surface area contributed by atoms with Gasteiger partial charge in [0.1, 0.15) is 0 Å². The predicted molar refractivity (Wildman–Crippen MR) is 94.6 cm³/mol. The van der Waals surface area contributed by atoms with Crippen molar-refractivity contribution < 1.29 is 0 Å². The maximum absolute atomic E-state index is 4.77. The van der Waals surface area contributed by atoms with Gasteiger partial charge in [-0.25, -0.2) is 0 Å². The molecule has 0 atom stereocenters. The van der Waals surface area contributed by atoms with Gasteiger partial charge in [-0.2, -0.15) is 5.10 Å². The molecule has 1 fully saturated rings. The molecule has 0 radical (unpaired) electrons. The summed E-state index contributed by atoms with van der Waals surface area (Å²) in [6, 6.07) is 13.1. The van der Waals surface area contributed by atoms with Crippen molar-refractivity contribution in [1.29, 1.82) is 0 Å². The van der Waals surface area contributed by atoms with E-state index in [0.29, 0.717) is 0 Å². The smallest absolute Gasteiger partial charge is 0.0746 e. The normalized spacial score (nSPS) is 17.0. The van der Waals surface area contributed by atoms with Crippen molar-refractivity contribution in [3.63, 3.8) is 0 Å². The van der Waals surface area contributed by atoms with E-state index in [1.54, 1.807) is 11.3 Å². The molecule has 0 unspecified atom stereocenters. The average Bonchev–Trinajstić information content (AvgIpc) is 3.06. The summed E-state index contributed by atoms with van der Waals surface area (Å²) in [4.78, 5) is 3.78. The molecule has 1 aromatic heterocycles. The van der Waals surface area contributed by atoms with Crippen molar-refractivity contribution in [2.24, 2.45) is 5.10 Å². The number of hydrogen-bond acceptors (Lipinski definition) is 4. The Labute approximate surface area is 136 Å². The van der Waals surface area contributed by atoms with Crippen LogP contribution in [0.5, 0.6) is 0 Å². The zero-order chi connectivity index (χ0) is 15.4. The van der Waals surface area contributed by atoms with Crippen LogP contribution < -0.4 is 0 Å². The van der Waals surface area contributed by atoms with Crippen LogP contribution in [0, 0.1) is 6.92 Å². The number of nitrogens with zero attached hydrogens (tertiary/aromatic N) is 3. The molecule has 0 aliphatic carbocycles. The second kappa shape index (κ2) is 7.07. The van der Waals surface area contributed by atoms with Gasteiger partial charge in [-0.1, -0.05) is 35.9 Å². The van der Waals surface area contributed by atoms with Crippen LogP contribution in [0.4, 0.5) is 0 Å². The molecule has 0 spiro atoms. The van der Waals surface area contributed by atoms with Crippen LogP contribution in [0.15, 0.2) is 46.9 Å². The van der Waals surface area contributed by atoms with Crippen molar-refractivity contribution >= 4 is 17.0 Å². The maximum Gasteiger partial charge on any atom is 0.0746 e. The summed E-state index contributed by atoms with van der Waals surface area (Å²) >= 11 is 1.76. The molecule has 22 heavy (non-hydrogen) atoms. The molecule has 3 nitrogen and oxygen atoms in total. The molecule has 0 bridgehead atoms. The first-order valence-electron chi connectivity index (χ1n) is 7.82. The minimum atomic E-state index is 1.01. The van der Waals surface area contributed by atoms with E-state index in [-0.39, 0.29) is 0 Å². The molecule has 2 heterocycles. The highest BCUT2D eigenvalue weighted by molar-refractivity contribution is 7.12. The number of hydrazone groups is 1. The number of piperazine rings is 1. The first-order valence-corrected chi connectivity index (χ1v) is 8.70. The van der Waals surface area contributed by atoms with Crippen LogP contribution in [-0.2, 0) is 6.54 Å². The Kier molecular flexibility index (Phi) is 4.90. The molecule has 3 rings (SSSR count). The lowest BCUT2D eigenvalue weighted by molar-refractivity contribution is 0.130. The first-order chi connectivity index (χ1) is 10.7. The van der Waals surface area contributed by atoms with E-state index in [0.717, 1.165) is 38.4 Å². The number of thiophene rings is 1. The van der Waals surface area contributed by atoms with E-state index >= 15 is 0 Å². The average molecular weight is 313 g/mol. The fourth-order valence-electron chi connectivity index (χ4n) is 2.69. The monoisotopic (exact) mass is 313 g/mol. The predicted octanol–water partition coefficient (Wildman–Crippen LogP) is 3.60. The Morgan fingerprint density at radius 3 is 2.45 bits per heavy atom. The van der Waals surface area contributed by atoms with Gasteiger partial charge < -0.3 is 0 Å². The molecule has 1 aromatic carbocycles. The van der Waals surface area contributed by atoms with Crippen molar-refractivity contribution in [3.05, 3.63) is 57.8 Å². The van der Waals surface area contributed by atoms with Crippen molar-refractivity contribution in [1.82, 2.24) is 9.91 Å². The van der Waals surface area contributed by atoms with Gasteiger partial charge in [0.05, 0.1) is 5.71 Å². The molecule has 116 valence electrons. The lowest BCUT2D eigenvalue weighted by atomic mass is 10.1. The van der Waals surface area contributed by atoms with Gasteiger partial charge in [0, 0.05) is 37.6 Å². The Morgan fingerprint density at radius 1 is 1.09 bits per heavy atom. The SMILES string of the molecule is C/C(=N/N1CCN(Cc2ccc(C)cc2)CC1)c1cccs1. The van der Waals surface area contributed by atoms with Gasteiger partial charge in [-0.15, -0.1) is 11.3 Å². The lowest BCUT2D eigenvalue weighted by Gasteiger charge is -2.33. The molecule has 0 N–H and O–H groups in total. The standard InChI is InChI=1S/C18H23N3S/c1-15-5-7-17(8-6-15)14-20-9-11-21(12-10-20)19-16(2)18-4-3-13-22-18/h3-8,13H,9-12,14H2,1-2H3/b19-16-. The van der Waals surface area contributed by atoms with E-state index in [9.17, 15) is 0 Å². The highest BCUT2D eigenvalue weighted by atomic mass is 32.1. The third-order valence-electron chi connectivity index (χ3n) is 4.04. The first kappa shape index (κ1) is 15.3. The highest BCUT2D eigenvalue weighted by Crippen LogP contribution is 2.13. The van der Waals surface area contributed by atoms with E-state index < -0.39 is 0 Å². The summed E-state index contributed by atoms with van der Waals surface area (Å²) < 4.78 is 0. The summed E-state index contributed by atoms with van der Waals surface area (Å²) in [5, 5.41) is 9.08. The minimum Gasteiger partial charge on any atom is -0.295 e. The second-order valence-electron chi connectivity index (χ2n) is 5.88. The zero-order valence-corrected chi connectivity index (χ0v) is 14.1. The fraction of sp³-hybridized carbons (Fsp3) is 0.389. The molecule has 1 saturated heterocycles. The van der Waals surface area contributed by atoms with Gasteiger partial charge in [0.25, 0.3) is 0 Å². The van der Waals surface area contributed by atoms with Crippen molar-refractivity contribution in [2.45, 2.75) is 20.4 Å². The molecule has 2 aromatic rings. The van der Waals surface area contributed by atoms with Gasteiger partial charge in [-0.3, -0.25) is 9.91 Å². The number of rotatable bonds is 4. The third kappa shape index (κ3) is 3.96. The number of aryl methyl sites for hydroxylation is 1. The van der Waals surface area contributed by atoms with Gasteiger partial charge in [0.2, 0.25) is 0 Å². The molecule has 4 heteroatoms. The minimum absolute atomic E-state index is 1.01. The number of hydrogen-bond donors (Lipinski definition) is 0. The molecule has 1 aliphatic heterocycles. The van der Waals surface area contributed by atoms with Crippen LogP contribution in [0.1, 0.15) is 22.9 Å². The highest BCUT2D eigenvalue weighted by Gasteiger charge is 2.16. The topological polar surface area (TPSA) is 18.8 Å². The van der Waals surface area contributed by atoms with Gasteiger partial charge in [0.15, 0.2) is 0 Å². The Bertz CT molecular complexity index is 608. The molecule has 0 saturated carbocycles. The summed E-state index contributed by atoms with van der Waals surface area (Å²) in [5.41, 5.74) is 3.85. The van der Waals surface area contributed by atoms with Crippen LogP contribution in [0.2, 0.25) is 0 Å². The summed E-state index contributed by atoms with van der Waals surface area (Å²) in [6.45, 7) is 9.45. The van der Waals surface area contributed by atoms with Gasteiger partial charge in [-0.05, 0) is 30.9 Å². The van der Waals surface area contributed by atoms with Gasteiger partial charge >= 0.3 is 0 Å². The Balaban J connectivity index is 1.52. The van der Waals surface area contributed by atoms with E-state index in [2.05, 4.69) is 65.5 Å². The van der Waals surface area contributed by atoms with Crippen molar-refractivity contribution in [2.75, 3.05) is 26.2 Å².